The molecule has 154 valence electrons. The number of nitrogens with zero attached hydrogens (tertiary/aromatic N) is 2. The van der Waals surface area contributed by atoms with Crippen molar-refractivity contribution in [2.75, 3.05) is 24.7 Å². The third-order valence-electron chi connectivity index (χ3n) is 3.56. The number of carbonyl (C=O) groups excluding carboxylic acids is 1. The largest absolute Gasteiger partial charge is 0.390 e. The lowest BCUT2D eigenvalue weighted by Gasteiger charge is -2.16. The number of aromatic nitrogens is 2. The van der Waals surface area contributed by atoms with E-state index in [9.17, 15) is 9.90 Å². The third kappa shape index (κ3) is 8.67. The Hall–Kier alpha value is -0.840. The molecule has 0 bridgehead atoms. The number of aliphatic hydroxyl groups excluding tert-OH is 1. The fourth-order valence-electron chi connectivity index (χ4n) is 2.06. The molecule has 1 aromatic heterocycles. The van der Waals surface area contributed by atoms with Gasteiger partial charge in [0.15, 0.2) is 8.68 Å². The van der Waals surface area contributed by atoms with Crippen molar-refractivity contribution >= 4 is 52.4 Å². The van der Waals surface area contributed by atoms with Crippen LogP contribution in [0.15, 0.2) is 32.9 Å². The van der Waals surface area contributed by atoms with Crippen molar-refractivity contribution in [2.45, 2.75) is 41.2 Å². The van der Waals surface area contributed by atoms with E-state index in [0.717, 1.165) is 20.7 Å². The Kier molecular flexibility index (Phi) is 10.6. The van der Waals surface area contributed by atoms with E-state index in [2.05, 4.69) is 15.5 Å². The van der Waals surface area contributed by atoms with Crippen LogP contribution in [-0.2, 0) is 9.53 Å². The molecule has 0 aliphatic heterocycles. The van der Waals surface area contributed by atoms with Gasteiger partial charge in [-0.3, -0.25) is 4.79 Å². The van der Waals surface area contributed by atoms with Crippen molar-refractivity contribution in [3.63, 3.8) is 0 Å². The second-order valence-corrected chi connectivity index (χ2v) is 9.87. The molecule has 0 fully saturated rings. The first kappa shape index (κ1) is 23.4. The van der Waals surface area contributed by atoms with Crippen molar-refractivity contribution in [3.8, 4) is 0 Å². The quantitative estimate of drug-likeness (QED) is 0.461. The molecule has 0 spiro atoms. The zero-order chi connectivity index (χ0) is 20.4. The number of carbonyl (C=O) groups is 1. The lowest BCUT2D eigenvalue weighted by molar-refractivity contribution is -0.118. The monoisotopic (exact) mass is 461 g/mol. The van der Waals surface area contributed by atoms with Crippen LogP contribution in [0.5, 0.6) is 0 Å². The van der Waals surface area contributed by atoms with Gasteiger partial charge in [-0.1, -0.05) is 65.5 Å². The van der Waals surface area contributed by atoms with Crippen molar-refractivity contribution in [1.29, 1.82) is 0 Å². The standard InChI is InChI=1S/C18H24ClN3O3S3/c1-3-8-20-16(24)11-27-18-22-21-17(28-18)26-10-15(23)9-25-12(2)13-4-6-14(19)7-5-13/h4-7,12,15,23H,3,8-11H2,1-2H3,(H,20,24). The van der Waals surface area contributed by atoms with Gasteiger partial charge < -0.3 is 15.2 Å². The van der Waals surface area contributed by atoms with Crippen LogP contribution in [0.3, 0.4) is 0 Å². The van der Waals surface area contributed by atoms with E-state index in [1.807, 2.05) is 38.1 Å². The fourth-order valence-corrected chi connectivity index (χ4v) is 4.97. The molecule has 0 saturated heterocycles. The number of benzene rings is 1. The highest BCUT2D eigenvalue weighted by Crippen LogP contribution is 2.29. The van der Waals surface area contributed by atoms with Crippen LogP contribution in [0.25, 0.3) is 0 Å². The van der Waals surface area contributed by atoms with Gasteiger partial charge in [-0.05, 0) is 31.0 Å². The molecule has 2 aromatic rings. The van der Waals surface area contributed by atoms with Crippen LogP contribution in [0.4, 0.5) is 0 Å². The Balaban J connectivity index is 1.67. The van der Waals surface area contributed by atoms with Gasteiger partial charge in [0.05, 0.1) is 24.6 Å². The highest BCUT2D eigenvalue weighted by Gasteiger charge is 2.13. The normalized spacial score (nSPS) is 13.3. The first-order valence-electron chi connectivity index (χ1n) is 8.88. The predicted octanol–water partition coefficient (Wildman–Crippen LogP) is 4.04. The maximum atomic E-state index is 11.6. The van der Waals surface area contributed by atoms with Crippen LogP contribution >= 0.6 is 46.5 Å². The van der Waals surface area contributed by atoms with Gasteiger partial charge in [0.25, 0.3) is 0 Å². The summed E-state index contributed by atoms with van der Waals surface area (Å²) in [6.07, 6.45) is 0.181. The minimum absolute atomic E-state index is 0.00127. The van der Waals surface area contributed by atoms with Crippen LogP contribution in [-0.4, -0.2) is 52.0 Å². The van der Waals surface area contributed by atoms with Gasteiger partial charge in [-0.2, -0.15) is 0 Å². The van der Waals surface area contributed by atoms with Gasteiger partial charge in [0, 0.05) is 17.3 Å². The van der Waals surface area contributed by atoms with Crippen LogP contribution in [0.1, 0.15) is 31.9 Å². The van der Waals surface area contributed by atoms with Crippen molar-refractivity contribution < 1.29 is 14.6 Å². The number of thioether (sulfide) groups is 2. The molecule has 1 amide bonds. The zero-order valence-electron chi connectivity index (χ0n) is 15.8. The van der Waals surface area contributed by atoms with E-state index in [4.69, 9.17) is 16.3 Å². The SMILES string of the molecule is CCCNC(=O)CSc1nnc(SCC(O)COC(C)c2ccc(Cl)cc2)s1. The first-order chi connectivity index (χ1) is 13.5. The van der Waals surface area contributed by atoms with Gasteiger partial charge >= 0.3 is 0 Å². The maximum Gasteiger partial charge on any atom is 0.230 e. The predicted molar refractivity (Wildman–Crippen MR) is 116 cm³/mol. The summed E-state index contributed by atoms with van der Waals surface area (Å²) >= 11 is 10.1. The molecule has 6 nitrogen and oxygen atoms in total. The molecule has 2 unspecified atom stereocenters. The van der Waals surface area contributed by atoms with Crippen molar-refractivity contribution in [2.24, 2.45) is 0 Å². The summed E-state index contributed by atoms with van der Waals surface area (Å²) in [7, 11) is 0. The van der Waals surface area contributed by atoms with Crippen molar-refractivity contribution in [3.05, 3.63) is 34.9 Å². The Morgan fingerprint density at radius 3 is 2.64 bits per heavy atom. The summed E-state index contributed by atoms with van der Waals surface area (Å²) in [5, 5.41) is 21.8. The van der Waals surface area contributed by atoms with Gasteiger partial charge in [-0.15, -0.1) is 10.2 Å². The maximum absolute atomic E-state index is 11.6. The summed E-state index contributed by atoms with van der Waals surface area (Å²) in [6.45, 7) is 4.87. The van der Waals surface area contributed by atoms with Crippen LogP contribution in [0.2, 0.25) is 5.02 Å². The summed E-state index contributed by atoms with van der Waals surface area (Å²) in [6, 6.07) is 7.47. The Morgan fingerprint density at radius 1 is 1.29 bits per heavy atom. The average Bonchev–Trinajstić information content (AvgIpc) is 3.15. The third-order valence-corrected chi connectivity index (χ3v) is 7.15. The topological polar surface area (TPSA) is 84.3 Å². The summed E-state index contributed by atoms with van der Waals surface area (Å²) in [4.78, 5) is 11.6. The van der Waals surface area contributed by atoms with Crippen LogP contribution in [0, 0.1) is 0 Å². The number of ether oxygens (including phenoxy) is 1. The van der Waals surface area contributed by atoms with E-state index in [0.29, 0.717) is 23.1 Å². The van der Waals surface area contributed by atoms with Crippen molar-refractivity contribution in [1.82, 2.24) is 15.5 Å². The van der Waals surface area contributed by atoms with Crippen LogP contribution < -0.4 is 5.32 Å². The summed E-state index contributed by atoms with van der Waals surface area (Å²) in [5.41, 5.74) is 1.01. The molecule has 2 atom stereocenters. The Labute approximate surface area is 182 Å². The molecule has 0 aliphatic rings. The number of nitrogens with one attached hydrogen (secondary N) is 1. The number of hydrogen-bond acceptors (Lipinski definition) is 8. The molecule has 28 heavy (non-hydrogen) atoms. The number of hydrogen-bond donors (Lipinski definition) is 2. The minimum Gasteiger partial charge on any atom is -0.390 e. The van der Waals surface area contributed by atoms with E-state index in [-0.39, 0.29) is 18.6 Å². The smallest absolute Gasteiger partial charge is 0.230 e. The Morgan fingerprint density at radius 2 is 1.96 bits per heavy atom. The molecule has 0 aliphatic carbocycles. The minimum atomic E-state index is -0.612. The van der Waals surface area contributed by atoms with E-state index < -0.39 is 6.10 Å². The highest BCUT2D eigenvalue weighted by atomic mass is 35.5. The average molecular weight is 462 g/mol. The molecule has 1 aromatic carbocycles. The number of halogens is 1. The highest BCUT2D eigenvalue weighted by molar-refractivity contribution is 8.03. The molecular weight excluding hydrogens is 438 g/mol. The number of rotatable bonds is 12. The summed E-state index contributed by atoms with van der Waals surface area (Å²) in [5.74, 6) is 0.792. The fraction of sp³-hybridized carbons (Fsp3) is 0.500. The number of amides is 1. The number of aliphatic hydroxyl groups is 1. The molecule has 0 radical (unpaired) electrons. The molecule has 2 N–H and O–H groups in total. The Bertz CT molecular complexity index is 730. The van der Waals surface area contributed by atoms with E-state index in [1.165, 1.54) is 34.9 Å². The van der Waals surface area contributed by atoms with E-state index >= 15 is 0 Å². The molecule has 1 heterocycles. The van der Waals surface area contributed by atoms with Gasteiger partial charge in [-0.25, -0.2) is 0 Å². The molecule has 10 heteroatoms. The molecular formula is C18H24ClN3O3S3. The lowest BCUT2D eigenvalue weighted by Crippen LogP contribution is -2.25. The molecule has 2 rings (SSSR count). The van der Waals surface area contributed by atoms with Gasteiger partial charge in [0.1, 0.15) is 0 Å². The summed E-state index contributed by atoms with van der Waals surface area (Å²) < 4.78 is 7.24. The first-order valence-corrected chi connectivity index (χ1v) is 12.1. The molecule has 0 saturated carbocycles. The van der Waals surface area contributed by atoms with Gasteiger partial charge in [0.2, 0.25) is 5.91 Å². The van der Waals surface area contributed by atoms with E-state index in [1.54, 1.807) is 0 Å². The lowest BCUT2D eigenvalue weighted by atomic mass is 10.1. The zero-order valence-corrected chi connectivity index (χ0v) is 19.0. The second kappa shape index (κ2) is 12.7. The second-order valence-electron chi connectivity index (χ2n) is 5.96.